The van der Waals surface area contributed by atoms with E-state index in [1.54, 1.807) is 27.8 Å². The summed E-state index contributed by atoms with van der Waals surface area (Å²) in [6.07, 6.45) is 7.22. The SMILES string of the molecule is Cc1cc2c3c(c1)N(c1ccc(C(C)(C)C)cc1-c1c4c(cc5c1CCC5)CCC4)c1ccc(C(C)(C)C)cc1B3c1cc(C(C)(C)C)ccc1N2c1ccc(C(C)(C)C)cc1. The van der Waals surface area contributed by atoms with Crippen LogP contribution in [-0.2, 0) is 47.3 Å². The maximum Gasteiger partial charge on any atom is 0.252 e. The highest BCUT2D eigenvalue weighted by Crippen LogP contribution is 2.51. The third-order valence-electron chi connectivity index (χ3n) is 14.8. The van der Waals surface area contributed by atoms with E-state index in [-0.39, 0.29) is 28.4 Å². The Morgan fingerprint density at radius 2 is 0.855 bits per heavy atom. The molecule has 2 nitrogen and oxygen atoms in total. The third kappa shape index (κ3) is 6.59. The second kappa shape index (κ2) is 14.0. The highest BCUT2D eigenvalue weighted by Gasteiger charge is 2.45. The van der Waals surface area contributed by atoms with E-state index in [2.05, 4.69) is 197 Å². The number of benzene rings is 6. The zero-order valence-corrected chi connectivity index (χ0v) is 40.0. The molecule has 62 heavy (non-hydrogen) atoms. The van der Waals surface area contributed by atoms with Crippen molar-refractivity contribution in [2.45, 2.75) is 150 Å². The number of hydrogen-bond acceptors (Lipinski definition) is 2. The van der Waals surface area contributed by atoms with Crippen molar-refractivity contribution in [1.29, 1.82) is 0 Å². The van der Waals surface area contributed by atoms with Crippen LogP contribution >= 0.6 is 0 Å². The maximum atomic E-state index is 2.71. The zero-order chi connectivity index (χ0) is 43.8. The molecule has 0 saturated carbocycles. The highest BCUT2D eigenvalue weighted by molar-refractivity contribution is 7.00. The molecule has 316 valence electrons. The van der Waals surface area contributed by atoms with Crippen molar-refractivity contribution in [3.63, 3.8) is 0 Å². The van der Waals surface area contributed by atoms with Crippen LogP contribution in [0, 0.1) is 6.92 Å². The Morgan fingerprint density at radius 3 is 1.35 bits per heavy atom. The van der Waals surface area contributed by atoms with Gasteiger partial charge in [0.2, 0.25) is 0 Å². The Kier molecular flexibility index (Phi) is 9.26. The fraction of sp³-hybridized carbons (Fsp3) is 0.390. The number of aryl methyl sites for hydroxylation is 3. The lowest BCUT2D eigenvalue weighted by molar-refractivity contribution is 0.590. The second-order valence-electron chi connectivity index (χ2n) is 23.4. The number of fused-ring (bicyclic) bond motifs is 6. The van der Waals surface area contributed by atoms with Crippen molar-refractivity contribution in [3.05, 3.63) is 147 Å². The minimum absolute atomic E-state index is 0.00128. The Labute approximate surface area is 373 Å². The fourth-order valence-corrected chi connectivity index (χ4v) is 11.3. The van der Waals surface area contributed by atoms with Gasteiger partial charge in [-0.25, -0.2) is 0 Å². The molecular weight excluding hydrogens is 747 g/mol. The number of anilines is 6. The summed E-state index contributed by atoms with van der Waals surface area (Å²) in [5.74, 6) is 0. The number of hydrogen-bond donors (Lipinski definition) is 0. The van der Waals surface area contributed by atoms with Crippen LogP contribution in [0.3, 0.4) is 0 Å². The number of nitrogens with zero attached hydrogens (tertiary/aromatic N) is 2. The largest absolute Gasteiger partial charge is 0.311 e. The van der Waals surface area contributed by atoms with E-state index in [1.807, 2.05) is 0 Å². The van der Waals surface area contributed by atoms with Crippen LogP contribution in [0.5, 0.6) is 0 Å². The van der Waals surface area contributed by atoms with E-state index >= 15 is 0 Å². The molecule has 0 N–H and O–H groups in total. The average molecular weight is 815 g/mol. The molecule has 0 aromatic heterocycles. The van der Waals surface area contributed by atoms with Gasteiger partial charge in [-0.2, -0.15) is 0 Å². The molecule has 0 bridgehead atoms. The molecule has 2 aliphatic carbocycles. The van der Waals surface area contributed by atoms with E-state index in [9.17, 15) is 0 Å². The first-order valence-electron chi connectivity index (χ1n) is 23.6. The molecule has 3 heteroatoms. The van der Waals surface area contributed by atoms with Crippen LogP contribution in [0.2, 0.25) is 0 Å². The summed E-state index contributed by atoms with van der Waals surface area (Å²) in [5, 5.41) is 0. The molecule has 0 saturated heterocycles. The van der Waals surface area contributed by atoms with Gasteiger partial charge in [-0.15, -0.1) is 0 Å². The lowest BCUT2D eigenvalue weighted by Gasteiger charge is -2.45. The normalized spacial score (nSPS) is 15.7. The monoisotopic (exact) mass is 815 g/mol. The molecule has 0 fully saturated rings. The lowest BCUT2D eigenvalue weighted by Crippen LogP contribution is -2.61. The van der Waals surface area contributed by atoms with Crippen molar-refractivity contribution >= 4 is 57.2 Å². The van der Waals surface area contributed by atoms with E-state index in [4.69, 9.17) is 0 Å². The Balaban J connectivity index is 1.32. The van der Waals surface area contributed by atoms with Gasteiger partial charge in [0.1, 0.15) is 0 Å². The van der Waals surface area contributed by atoms with E-state index in [0.717, 1.165) is 0 Å². The smallest absolute Gasteiger partial charge is 0.252 e. The first-order valence-corrected chi connectivity index (χ1v) is 23.6. The summed E-state index contributed by atoms with van der Waals surface area (Å²) in [7, 11) is 0. The first-order chi connectivity index (χ1) is 29.2. The maximum absolute atomic E-state index is 2.71. The quantitative estimate of drug-likeness (QED) is 0.164. The van der Waals surface area contributed by atoms with Gasteiger partial charge in [0.25, 0.3) is 6.71 Å². The Morgan fingerprint density at radius 1 is 0.419 bits per heavy atom. The van der Waals surface area contributed by atoms with Crippen LogP contribution in [0.4, 0.5) is 34.1 Å². The second-order valence-corrected chi connectivity index (χ2v) is 23.4. The molecule has 0 amide bonds. The summed E-state index contributed by atoms with van der Waals surface area (Å²) in [6.45, 7) is 30.6. The van der Waals surface area contributed by atoms with Gasteiger partial charge in [-0.05, 0) is 188 Å². The predicted octanol–water partition coefficient (Wildman–Crippen LogP) is 13.9. The van der Waals surface area contributed by atoms with Crippen LogP contribution in [-0.4, -0.2) is 6.71 Å². The topological polar surface area (TPSA) is 6.48 Å². The average Bonchev–Trinajstić information content (AvgIpc) is 3.87. The molecule has 0 unspecified atom stereocenters. The minimum Gasteiger partial charge on any atom is -0.311 e. The van der Waals surface area contributed by atoms with E-state index < -0.39 is 0 Å². The van der Waals surface area contributed by atoms with Gasteiger partial charge in [-0.3, -0.25) is 0 Å². The van der Waals surface area contributed by atoms with Crippen molar-refractivity contribution in [3.8, 4) is 11.1 Å². The summed E-state index contributed by atoms with van der Waals surface area (Å²) in [6, 6.07) is 39.4. The molecule has 6 aromatic rings. The first kappa shape index (κ1) is 41.0. The van der Waals surface area contributed by atoms with Crippen molar-refractivity contribution in [2.75, 3.05) is 9.80 Å². The van der Waals surface area contributed by atoms with E-state index in [1.165, 1.54) is 122 Å². The van der Waals surface area contributed by atoms with Crippen LogP contribution in [0.1, 0.15) is 146 Å². The summed E-state index contributed by atoms with van der Waals surface area (Å²) < 4.78 is 0. The van der Waals surface area contributed by atoms with Crippen LogP contribution in [0.25, 0.3) is 11.1 Å². The predicted molar refractivity (Wildman–Crippen MR) is 269 cm³/mol. The van der Waals surface area contributed by atoms with E-state index in [0.29, 0.717) is 0 Å². The highest BCUT2D eigenvalue weighted by atomic mass is 15.2. The third-order valence-corrected chi connectivity index (χ3v) is 14.8. The molecule has 2 aliphatic heterocycles. The summed E-state index contributed by atoms with van der Waals surface area (Å²) >= 11 is 0. The zero-order valence-electron chi connectivity index (χ0n) is 40.0. The van der Waals surface area contributed by atoms with Crippen LogP contribution in [0.15, 0.2) is 97.1 Å². The molecular formula is C59H67BN2. The minimum atomic E-state index is -0.00744. The van der Waals surface area contributed by atoms with Gasteiger partial charge >= 0.3 is 0 Å². The Bertz CT molecular complexity index is 2760. The van der Waals surface area contributed by atoms with Gasteiger partial charge in [0, 0.05) is 34.0 Å². The molecule has 2 heterocycles. The van der Waals surface area contributed by atoms with Gasteiger partial charge in [-0.1, -0.05) is 132 Å². The molecule has 0 spiro atoms. The molecule has 0 atom stereocenters. The van der Waals surface area contributed by atoms with Crippen molar-refractivity contribution in [2.24, 2.45) is 0 Å². The number of rotatable bonds is 3. The molecule has 0 radical (unpaired) electrons. The molecule has 10 rings (SSSR count). The van der Waals surface area contributed by atoms with Crippen molar-refractivity contribution in [1.82, 2.24) is 0 Å². The van der Waals surface area contributed by atoms with Crippen LogP contribution < -0.4 is 26.2 Å². The van der Waals surface area contributed by atoms with Gasteiger partial charge in [0.05, 0.1) is 5.69 Å². The summed E-state index contributed by atoms with van der Waals surface area (Å²) in [4.78, 5) is 5.30. The van der Waals surface area contributed by atoms with Gasteiger partial charge < -0.3 is 9.80 Å². The van der Waals surface area contributed by atoms with Gasteiger partial charge in [0.15, 0.2) is 0 Å². The molecule has 6 aromatic carbocycles. The standard InChI is InChI=1S/C59H67BN2/c1-36-30-52-55-53(31-36)62(49-27-22-40(57(5,6)7)33-46(49)54-44-18-14-16-37(44)32-38-17-15-19-45(38)54)51-29-24-42(59(11,12)13)35-48(51)60(55)47-34-41(58(8,9)10)23-28-50(47)61(52)43-25-20-39(21-26-43)56(2,3)4/h20-35H,14-19H2,1-13H3. The van der Waals surface area contributed by atoms with Crippen molar-refractivity contribution < 1.29 is 0 Å². The lowest BCUT2D eigenvalue weighted by atomic mass is 9.33. The fourth-order valence-electron chi connectivity index (χ4n) is 11.3. The Hall–Kier alpha value is -5.02. The summed E-state index contributed by atoms with van der Waals surface area (Å²) in [5.41, 5.74) is 28.1. The molecule has 4 aliphatic rings.